The van der Waals surface area contributed by atoms with E-state index in [9.17, 15) is 9.90 Å². The van der Waals surface area contributed by atoms with Crippen LogP contribution in [-0.2, 0) is 4.79 Å². The van der Waals surface area contributed by atoms with Crippen molar-refractivity contribution in [1.29, 1.82) is 0 Å². The normalized spacial score (nSPS) is 15.6. The van der Waals surface area contributed by atoms with E-state index >= 15 is 0 Å². The maximum Gasteiger partial charge on any atom is 0.303 e. The van der Waals surface area contributed by atoms with Crippen LogP contribution >= 0.6 is 0 Å². The lowest BCUT2D eigenvalue weighted by molar-refractivity contribution is -0.137. The summed E-state index contributed by atoms with van der Waals surface area (Å²) in [5.74, 6) is -0.849. The van der Waals surface area contributed by atoms with Crippen molar-refractivity contribution in [3.63, 3.8) is 0 Å². The zero-order valence-electron chi connectivity index (χ0n) is 7.37. The Morgan fingerprint density at radius 3 is 2.33 bits per heavy atom. The Morgan fingerprint density at radius 2 is 2.00 bits per heavy atom. The smallest absolute Gasteiger partial charge is 0.303 e. The molecule has 5 heteroatoms. The molecule has 0 aromatic heterocycles. The molecular weight excluding hydrogens is 160 g/mol. The van der Waals surface area contributed by atoms with Crippen LogP contribution in [0.5, 0.6) is 0 Å². The summed E-state index contributed by atoms with van der Waals surface area (Å²) in [5, 5.41) is 23.1. The maximum atomic E-state index is 10.2. The van der Waals surface area contributed by atoms with E-state index in [4.69, 9.17) is 5.11 Å². The average Bonchev–Trinajstić information content (AvgIpc) is 2.04. The molecule has 0 aromatic rings. The van der Waals surface area contributed by atoms with Gasteiger partial charge in [-0.1, -0.05) is 0 Å². The summed E-state index contributed by atoms with van der Waals surface area (Å²) in [6.45, 7) is 0. The van der Waals surface area contributed by atoms with E-state index in [0.717, 1.165) is 0 Å². The van der Waals surface area contributed by atoms with Gasteiger partial charge in [-0.2, -0.15) is 0 Å². The zero-order chi connectivity index (χ0) is 9.56. The van der Waals surface area contributed by atoms with Crippen LogP contribution in [0.1, 0.15) is 12.8 Å². The largest absolute Gasteiger partial charge is 0.481 e. The first-order valence-electron chi connectivity index (χ1n) is 3.86. The number of nitrogens with one attached hydrogen (secondary N) is 2. The van der Waals surface area contributed by atoms with Gasteiger partial charge in [-0.25, -0.2) is 0 Å². The molecule has 0 saturated heterocycles. The third kappa shape index (κ3) is 4.27. The summed E-state index contributed by atoms with van der Waals surface area (Å²) in [7, 11) is 3.31. The first kappa shape index (κ1) is 11.4. The minimum atomic E-state index is -0.849. The fourth-order valence-electron chi connectivity index (χ4n) is 0.940. The number of carboxylic acid groups (broad SMARTS) is 1. The molecule has 0 saturated carbocycles. The van der Waals surface area contributed by atoms with E-state index in [0.29, 0.717) is 6.42 Å². The van der Waals surface area contributed by atoms with Gasteiger partial charge in [0.2, 0.25) is 0 Å². The zero-order valence-corrected chi connectivity index (χ0v) is 7.37. The minimum Gasteiger partial charge on any atom is -0.481 e. The van der Waals surface area contributed by atoms with Crippen molar-refractivity contribution in [3.05, 3.63) is 0 Å². The van der Waals surface area contributed by atoms with Gasteiger partial charge in [0.15, 0.2) is 0 Å². The summed E-state index contributed by atoms with van der Waals surface area (Å²) in [5.41, 5.74) is 0. The van der Waals surface area contributed by atoms with E-state index in [1.807, 2.05) is 0 Å². The molecule has 72 valence electrons. The van der Waals surface area contributed by atoms with Crippen molar-refractivity contribution in [2.45, 2.75) is 25.1 Å². The number of hydrogen-bond acceptors (Lipinski definition) is 4. The molecule has 0 fully saturated rings. The highest BCUT2D eigenvalue weighted by Gasteiger charge is 2.15. The number of rotatable bonds is 6. The predicted molar refractivity (Wildman–Crippen MR) is 44.8 cm³/mol. The van der Waals surface area contributed by atoms with Gasteiger partial charge >= 0.3 is 5.97 Å². The molecule has 0 heterocycles. The highest BCUT2D eigenvalue weighted by atomic mass is 16.4. The Balaban J connectivity index is 3.74. The quantitative estimate of drug-likeness (QED) is 0.389. The third-order valence-electron chi connectivity index (χ3n) is 1.72. The van der Waals surface area contributed by atoms with E-state index < -0.39 is 12.2 Å². The molecule has 0 aromatic carbocycles. The fraction of sp³-hybridized carbons (Fsp3) is 0.857. The van der Waals surface area contributed by atoms with Gasteiger partial charge in [-0.3, -0.25) is 10.1 Å². The molecule has 0 aliphatic carbocycles. The van der Waals surface area contributed by atoms with Gasteiger partial charge < -0.3 is 15.5 Å². The van der Waals surface area contributed by atoms with Crippen molar-refractivity contribution in [3.8, 4) is 0 Å². The van der Waals surface area contributed by atoms with Crippen LogP contribution in [0.25, 0.3) is 0 Å². The lowest BCUT2D eigenvalue weighted by Gasteiger charge is -2.20. The van der Waals surface area contributed by atoms with Crippen molar-refractivity contribution >= 4 is 5.97 Å². The number of likely N-dealkylation sites (N-methyl/N-ethyl adjacent to an activating group) is 2. The Bertz CT molecular complexity index is 141. The highest BCUT2D eigenvalue weighted by molar-refractivity contribution is 5.66. The van der Waals surface area contributed by atoms with Crippen LogP contribution in [0, 0.1) is 0 Å². The number of carbonyl (C=O) groups is 1. The molecule has 0 spiro atoms. The number of aliphatic hydroxyl groups is 1. The molecule has 0 aliphatic heterocycles. The van der Waals surface area contributed by atoms with Gasteiger partial charge in [0.05, 0.1) is 0 Å². The van der Waals surface area contributed by atoms with Crippen LogP contribution in [0.15, 0.2) is 0 Å². The second-order valence-corrected chi connectivity index (χ2v) is 2.56. The topological polar surface area (TPSA) is 81.6 Å². The second kappa shape index (κ2) is 5.93. The van der Waals surface area contributed by atoms with Crippen molar-refractivity contribution in [1.82, 2.24) is 10.6 Å². The number of hydrogen-bond donors (Lipinski definition) is 4. The Labute approximate surface area is 71.8 Å². The molecule has 2 atom stereocenters. The van der Waals surface area contributed by atoms with E-state index in [-0.39, 0.29) is 12.5 Å². The highest BCUT2D eigenvalue weighted by Crippen LogP contribution is 1.99. The first-order chi connectivity index (χ1) is 5.61. The van der Waals surface area contributed by atoms with E-state index in [2.05, 4.69) is 10.6 Å². The van der Waals surface area contributed by atoms with E-state index in [1.165, 1.54) is 0 Å². The maximum absolute atomic E-state index is 10.2. The summed E-state index contributed by atoms with van der Waals surface area (Å²) in [6, 6.07) is -0.217. The Morgan fingerprint density at radius 1 is 1.42 bits per heavy atom. The predicted octanol–water partition coefficient (Wildman–Crippen LogP) is -1.02. The summed E-state index contributed by atoms with van der Waals surface area (Å²) < 4.78 is 0. The molecular formula is C7H16N2O3. The van der Waals surface area contributed by atoms with Gasteiger partial charge in [0, 0.05) is 12.5 Å². The van der Waals surface area contributed by atoms with Crippen LogP contribution in [-0.4, -0.2) is 42.5 Å². The number of aliphatic carboxylic acids is 1. The molecule has 12 heavy (non-hydrogen) atoms. The molecule has 0 rings (SSSR count). The lowest BCUT2D eigenvalue weighted by Crippen LogP contribution is -2.45. The Kier molecular flexibility index (Phi) is 5.61. The van der Waals surface area contributed by atoms with Gasteiger partial charge in [-0.05, 0) is 20.5 Å². The van der Waals surface area contributed by atoms with Crippen LogP contribution in [0.4, 0.5) is 0 Å². The monoisotopic (exact) mass is 176 g/mol. The van der Waals surface area contributed by atoms with Crippen molar-refractivity contribution in [2.24, 2.45) is 0 Å². The molecule has 0 bridgehead atoms. The third-order valence-corrected chi connectivity index (χ3v) is 1.72. The minimum absolute atomic E-state index is 0.0598. The summed E-state index contributed by atoms with van der Waals surface area (Å²) in [6.07, 6.45) is -0.229. The Hall–Kier alpha value is -0.650. The van der Waals surface area contributed by atoms with Crippen LogP contribution in [0.2, 0.25) is 0 Å². The summed E-state index contributed by atoms with van der Waals surface area (Å²) in [4.78, 5) is 10.2. The van der Waals surface area contributed by atoms with Crippen LogP contribution in [0.3, 0.4) is 0 Å². The molecule has 0 aliphatic rings. The SMILES string of the molecule is CNC(O)C(CCC(=O)O)NC. The first-order valence-corrected chi connectivity index (χ1v) is 3.86. The number of aliphatic hydroxyl groups excluding tert-OH is 1. The fourth-order valence-corrected chi connectivity index (χ4v) is 0.940. The second-order valence-electron chi connectivity index (χ2n) is 2.56. The van der Waals surface area contributed by atoms with E-state index in [1.54, 1.807) is 14.1 Å². The van der Waals surface area contributed by atoms with Gasteiger partial charge in [0.1, 0.15) is 6.23 Å². The summed E-state index contributed by atoms with van der Waals surface area (Å²) >= 11 is 0. The molecule has 4 N–H and O–H groups in total. The van der Waals surface area contributed by atoms with Crippen molar-refractivity contribution < 1.29 is 15.0 Å². The molecule has 0 radical (unpaired) electrons. The standard InChI is InChI=1S/C7H16N2O3/c1-8-5(7(12)9-2)3-4-6(10)11/h5,7-9,12H,3-4H2,1-2H3,(H,10,11). The van der Waals surface area contributed by atoms with Crippen LogP contribution < -0.4 is 10.6 Å². The molecule has 0 amide bonds. The molecule has 5 nitrogen and oxygen atoms in total. The van der Waals surface area contributed by atoms with Gasteiger partial charge in [-0.15, -0.1) is 0 Å². The molecule has 2 unspecified atom stereocenters. The average molecular weight is 176 g/mol. The van der Waals surface area contributed by atoms with Gasteiger partial charge in [0.25, 0.3) is 0 Å². The lowest BCUT2D eigenvalue weighted by atomic mass is 10.1. The van der Waals surface area contributed by atoms with Crippen molar-refractivity contribution in [2.75, 3.05) is 14.1 Å². The number of carboxylic acids is 1.